The molecule has 4 N–H and O–H groups in total. The van der Waals surface area contributed by atoms with E-state index in [0.29, 0.717) is 29.7 Å². The highest BCUT2D eigenvalue weighted by atomic mass is 32.2. The van der Waals surface area contributed by atoms with E-state index < -0.39 is 0 Å². The Hall–Kier alpha value is -3.11. The lowest BCUT2D eigenvalue weighted by Crippen LogP contribution is -2.29. The SMILES string of the molecule is Cc1c(SN2CCC(N)=C(C=N)C2)cc(C(=O)NCc2c(F)ccc3cnn(C)c23)n1C. The van der Waals surface area contributed by atoms with Crippen LogP contribution in [0.25, 0.3) is 10.9 Å². The molecule has 2 aromatic heterocycles. The van der Waals surface area contributed by atoms with Crippen molar-refractivity contribution >= 4 is 35.0 Å². The molecule has 1 amide bonds. The Kier molecular flexibility index (Phi) is 6.07. The van der Waals surface area contributed by atoms with Gasteiger partial charge in [0.05, 0.1) is 11.7 Å². The second-order valence-corrected chi connectivity index (χ2v) is 8.99. The summed E-state index contributed by atoms with van der Waals surface area (Å²) in [7, 11) is 3.60. The van der Waals surface area contributed by atoms with Gasteiger partial charge in [-0.3, -0.25) is 9.48 Å². The Morgan fingerprint density at radius 1 is 1.41 bits per heavy atom. The Morgan fingerprint density at radius 3 is 2.94 bits per heavy atom. The number of aromatic nitrogens is 3. The molecule has 4 rings (SSSR count). The van der Waals surface area contributed by atoms with E-state index in [0.717, 1.165) is 33.8 Å². The number of amides is 1. The van der Waals surface area contributed by atoms with Crippen LogP contribution in [0.5, 0.6) is 0 Å². The van der Waals surface area contributed by atoms with Crippen LogP contribution in [0.2, 0.25) is 0 Å². The monoisotopic (exact) mass is 455 g/mol. The van der Waals surface area contributed by atoms with Crippen LogP contribution in [0.1, 0.15) is 28.2 Å². The van der Waals surface area contributed by atoms with Crippen LogP contribution in [0.4, 0.5) is 4.39 Å². The van der Waals surface area contributed by atoms with Crippen molar-refractivity contribution < 1.29 is 9.18 Å². The number of halogens is 1. The number of hydrogen-bond acceptors (Lipinski definition) is 6. The molecule has 3 heterocycles. The molecule has 10 heteroatoms. The van der Waals surface area contributed by atoms with E-state index in [1.807, 2.05) is 24.6 Å². The highest BCUT2D eigenvalue weighted by Crippen LogP contribution is 2.31. The fourth-order valence-electron chi connectivity index (χ4n) is 3.86. The highest BCUT2D eigenvalue weighted by molar-refractivity contribution is 7.97. The van der Waals surface area contributed by atoms with E-state index in [1.54, 1.807) is 35.9 Å². The van der Waals surface area contributed by atoms with Crippen molar-refractivity contribution in [3.63, 3.8) is 0 Å². The van der Waals surface area contributed by atoms with E-state index in [1.165, 1.54) is 12.3 Å². The van der Waals surface area contributed by atoms with Gasteiger partial charge in [-0.25, -0.2) is 8.70 Å². The van der Waals surface area contributed by atoms with Crippen molar-refractivity contribution in [2.24, 2.45) is 19.8 Å². The zero-order chi connectivity index (χ0) is 23.0. The Labute approximate surface area is 189 Å². The average Bonchev–Trinajstić information content (AvgIpc) is 3.29. The lowest BCUT2D eigenvalue weighted by molar-refractivity contribution is 0.0942. The first kappa shape index (κ1) is 22.1. The standard InChI is InChI=1S/C22H26FN7OS/c1-13-20(32-30-7-6-18(25)15(9-24)12-30)8-19(28(13)2)22(31)26-11-16-17(23)5-4-14-10-27-29(3)21(14)16/h4-5,8-10,24H,6-7,11-12,25H2,1-3H3,(H,26,31). The maximum atomic E-state index is 14.5. The van der Waals surface area contributed by atoms with E-state index in [2.05, 4.69) is 14.7 Å². The molecule has 0 aliphatic carbocycles. The van der Waals surface area contributed by atoms with Crippen LogP contribution < -0.4 is 11.1 Å². The predicted octanol–water partition coefficient (Wildman–Crippen LogP) is 2.86. The summed E-state index contributed by atoms with van der Waals surface area (Å²) in [5, 5.41) is 15.4. The predicted molar refractivity (Wildman–Crippen MR) is 124 cm³/mol. The van der Waals surface area contributed by atoms with Gasteiger partial charge in [0.1, 0.15) is 11.5 Å². The van der Waals surface area contributed by atoms with Gasteiger partial charge in [-0.1, -0.05) is 0 Å². The first-order valence-electron chi connectivity index (χ1n) is 10.2. The number of aryl methyl sites for hydroxylation is 1. The number of carbonyl (C=O) groups is 1. The van der Waals surface area contributed by atoms with Crippen molar-refractivity contribution in [1.29, 1.82) is 5.41 Å². The fraction of sp³-hybridized carbons (Fsp3) is 0.318. The van der Waals surface area contributed by atoms with Gasteiger partial charge >= 0.3 is 0 Å². The van der Waals surface area contributed by atoms with E-state index in [-0.39, 0.29) is 18.3 Å². The smallest absolute Gasteiger partial charge is 0.268 e. The summed E-state index contributed by atoms with van der Waals surface area (Å²) < 4.78 is 20.1. The molecule has 3 aromatic rings. The minimum Gasteiger partial charge on any atom is -0.402 e. The van der Waals surface area contributed by atoms with Crippen molar-refractivity contribution in [3.05, 3.63) is 58.4 Å². The number of fused-ring (bicyclic) bond motifs is 1. The number of nitrogens with one attached hydrogen (secondary N) is 2. The normalized spacial score (nSPS) is 14.9. The molecule has 1 aliphatic heterocycles. The quantitative estimate of drug-likeness (QED) is 0.392. The summed E-state index contributed by atoms with van der Waals surface area (Å²) in [6.45, 7) is 3.38. The van der Waals surface area contributed by atoms with Crippen molar-refractivity contribution in [3.8, 4) is 0 Å². The summed E-state index contributed by atoms with van der Waals surface area (Å²) in [5.74, 6) is -0.649. The molecular formula is C22H26FN7OS. The van der Waals surface area contributed by atoms with Gasteiger partial charge in [0.2, 0.25) is 0 Å². The van der Waals surface area contributed by atoms with Gasteiger partial charge < -0.3 is 21.0 Å². The fourth-order valence-corrected chi connectivity index (χ4v) is 4.96. The molecule has 0 saturated heterocycles. The molecule has 8 nitrogen and oxygen atoms in total. The van der Waals surface area contributed by atoms with Crippen LogP contribution in [-0.2, 0) is 20.6 Å². The highest BCUT2D eigenvalue weighted by Gasteiger charge is 2.22. The molecule has 1 aromatic carbocycles. The summed E-state index contributed by atoms with van der Waals surface area (Å²) in [6.07, 6.45) is 3.69. The third-order valence-electron chi connectivity index (χ3n) is 5.89. The van der Waals surface area contributed by atoms with Gasteiger partial charge in [-0.2, -0.15) is 5.10 Å². The van der Waals surface area contributed by atoms with Crippen molar-refractivity contribution in [1.82, 2.24) is 24.0 Å². The number of rotatable bonds is 6. The molecule has 0 spiro atoms. The van der Waals surface area contributed by atoms with E-state index in [9.17, 15) is 9.18 Å². The number of hydrogen-bond donors (Lipinski definition) is 3. The zero-order valence-corrected chi connectivity index (χ0v) is 19.1. The van der Waals surface area contributed by atoms with Crippen LogP contribution >= 0.6 is 11.9 Å². The van der Waals surface area contributed by atoms with Crippen LogP contribution in [0.3, 0.4) is 0 Å². The third kappa shape index (κ3) is 4.03. The molecule has 1 aliphatic rings. The Morgan fingerprint density at radius 2 is 2.19 bits per heavy atom. The molecular weight excluding hydrogens is 429 g/mol. The Bertz CT molecular complexity index is 1240. The molecule has 0 radical (unpaired) electrons. The maximum Gasteiger partial charge on any atom is 0.268 e. The van der Waals surface area contributed by atoms with Crippen LogP contribution in [0.15, 0.2) is 40.6 Å². The largest absolute Gasteiger partial charge is 0.402 e. The van der Waals surface area contributed by atoms with Gasteiger partial charge in [-0.05, 0) is 37.1 Å². The zero-order valence-electron chi connectivity index (χ0n) is 18.3. The number of nitrogens with zero attached hydrogens (tertiary/aromatic N) is 4. The first-order chi connectivity index (χ1) is 15.3. The van der Waals surface area contributed by atoms with Gasteiger partial charge in [-0.15, -0.1) is 0 Å². The number of benzene rings is 1. The minimum atomic E-state index is -0.375. The van der Waals surface area contributed by atoms with Crippen molar-refractivity contribution in [2.75, 3.05) is 13.1 Å². The summed E-state index contributed by atoms with van der Waals surface area (Å²) >= 11 is 1.55. The lowest BCUT2D eigenvalue weighted by atomic mass is 10.1. The second kappa shape index (κ2) is 8.79. The maximum absolute atomic E-state index is 14.5. The molecule has 0 fully saturated rings. The molecule has 0 saturated carbocycles. The summed E-state index contributed by atoms with van der Waals surface area (Å²) in [4.78, 5) is 13.9. The van der Waals surface area contributed by atoms with E-state index in [4.69, 9.17) is 11.1 Å². The first-order valence-corrected chi connectivity index (χ1v) is 11.0. The Balaban J connectivity index is 1.50. The molecule has 168 valence electrons. The topological polar surface area (TPSA) is 105 Å². The molecule has 0 unspecified atom stereocenters. The van der Waals surface area contributed by atoms with Crippen LogP contribution in [-0.4, -0.2) is 43.9 Å². The number of nitrogens with two attached hydrogens (primary N) is 1. The van der Waals surface area contributed by atoms with E-state index >= 15 is 0 Å². The second-order valence-electron chi connectivity index (χ2n) is 7.85. The molecule has 32 heavy (non-hydrogen) atoms. The van der Waals surface area contributed by atoms with Crippen molar-refractivity contribution in [2.45, 2.75) is 24.8 Å². The molecule has 0 bridgehead atoms. The number of carbonyl (C=O) groups excluding carboxylic acids is 1. The van der Waals surface area contributed by atoms with Gasteiger partial charge in [0.25, 0.3) is 5.91 Å². The van der Waals surface area contributed by atoms with Gasteiger partial charge in [0, 0.05) is 79.2 Å². The minimum absolute atomic E-state index is 0.0626. The summed E-state index contributed by atoms with van der Waals surface area (Å²) in [5.41, 5.74) is 10.1. The lowest BCUT2D eigenvalue weighted by Gasteiger charge is -2.26. The third-order valence-corrected chi connectivity index (χ3v) is 7.07. The summed E-state index contributed by atoms with van der Waals surface area (Å²) in [6, 6.07) is 4.93. The van der Waals surface area contributed by atoms with Gasteiger partial charge in [0.15, 0.2) is 0 Å². The average molecular weight is 456 g/mol. The molecule has 0 atom stereocenters. The van der Waals surface area contributed by atoms with Crippen LogP contribution in [0, 0.1) is 18.2 Å².